The average molecular weight is 319 g/mol. The van der Waals surface area contributed by atoms with Gasteiger partial charge in [-0.2, -0.15) is 0 Å². The minimum Gasteiger partial charge on any atom is -0.495 e. The summed E-state index contributed by atoms with van der Waals surface area (Å²) >= 11 is 0. The lowest BCUT2D eigenvalue weighted by molar-refractivity contribution is -0.131. The summed E-state index contributed by atoms with van der Waals surface area (Å²) in [6.45, 7) is 10.4. The Hall–Kier alpha value is -1.75. The molecule has 0 saturated carbocycles. The molecule has 0 aliphatic carbocycles. The summed E-state index contributed by atoms with van der Waals surface area (Å²) in [6, 6.07) is 8.07. The van der Waals surface area contributed by atoms with Crippen LogP contribution in [0.3, 0.4) is 0 Å². The van der Waals surface area contributed by atoms with Crippen LogP contribution in [0.5, 0.6) is 5.75 Å². The first-order valence-corrected chi connectivity index (χ1v) is 8.57. The van der Waals surface area contributed by atoms with Gasteiger partial charge in [0.15, 0.2) is 0 Å². The van der Waals surface area contributed by atoms with Crippen molar-refractivity contribution < 1.29 is 9.53 Å². The van der Waals surface area contributed by atoms with Gasteiger partial charge in [0.25, 0.3) is 0 Å². The fraction of sp³-hybridized carbons (Fsp3) is 0.611. The number of amides is 1. The summed E-state index contributed by atoms with van der Waals surface area (Å²) in [4.78, 5) is 18.9. The molecular formula is C18H29N3O2. The number of carbonyl (C=O) groups is 1. The monoisotopic (exact) mass is 319 g/mol. The van der Waals surface area contributed by atoms with Gasteiger partial charge in [-0.15, -0.1) is 0 Å². The molecule has 128 valence electrons. The van der Waals surface area contributed by atoms with Crippen LogP contribution in [-0.2, 0) is 4.79 Å². The fourth-order valence-electron chi connectivity index (χ4n) is 3.04. The topological polar surface area (TPSA) is 36.0 Å². The second-order valence-corrected chi connectivity index (χ2v) is 5.82. The smallest absolute Gasteiger partial charge is 0.223 e. The molecule has 2 rings (SSSR count). The number of hydrogen-bond donors (Lipinski definition) is 0. The van der Waals surface area contributed by atoms with E-state index in [0.29, 0.717) is 6.42 Å². The number of ether oxygens (including phenoxy) is 1. The second kappa shape index (κ2) is 8.77. The normalized spacial score (nSPS) is 15.1. The molecule has 0 unspecified atom stereocenters. The van der Waals surface area contributed by atoms with Crippen LogP contribution < -0.4 is 9.64 Å². The number of nitrogens with zero attached hydrogens (tertiary/aromatic N) is 3. The molecule has 1 aliphatic rings. The van der Waals surface area contributed by atoms with Gasteiger partial charge in [0.2, 0.25) is 5.91 Å². The molecule has 5 heteroatoms. The molecule has 1 amide bonds. The van der Waals surface area contributed by atoms with E-state index in [0.717, 1.165) is 57.3 Å². The van der Waals surface area contributed by atoms with Gasteiger partial charge in [-0.1, -0.05) is 26.0 Å². The van der Waals surface area contributed by atoms with Gasteiger partial charge in [0.1, 0.15) is 5.75 Å². The summed E-state index contributed by atoms with van der Waals surface area (Å²) in [5.74, 6) is 1.17. The summed E-state index contributed by atoms with van der Waals surface area (Å²) < 4.78 is 5.43. The highest BCUT2D eigenvalue weighted by Crippen LogP contribution is 2.28. The lowest BCUT2D eigenvalue weighted by atomic mass is 10.2. The maximum absolute atomic E-state index is 12.4. The Morgan fingerprint density at radius 3 is 2.39 bits per heavy atom. The number of piperazine rings is 1. The maximum Gasteiger partial charge on any atom is 0.223 e. The van der Waals surface area contributed by atoms with E-state index in [1.54, 1.807) is 7.11 Å². The molecule has 1 saturated heterocycles. The zero-order valence-corrected chi connectivity index (χ0v) is 14.6. The molecule has 1 aromatic rings. The van der Waals surface area contributed by atoms with E-state index < -0.39 is 0 Å². The number of benzene rings is 1. The second-order valence-electron chi connectivity index (χ2n) is 5.82. The van der Waals surface area contributed by atoms with Crippen LogP contribution in [0, 0.1) is 0 Å². The Balaban J connectivity index is 1.85. The van der Waals surface area contributed by atoms with E-state index in [-0.39, 0.29) is 5.91 Å². The van der Waals surface area contributed by atoms with E-state index in [2.05, 4.69) is 29.7 Å². The number of anilines is 1. The third-order valence-electron chi connectivity index (χ3n) is 4.59. The molecule has 0 bridgehead atoms. The summed E-state index contributed by atoms with van der Waals surface area (Å²) in [7, 11) is 1.70. The minimum atomic E-state index is 0.275. The summed E-state index contributed by atoms with van der Waals surface area (Å²) in [5.41, 5.74) is 1.12. The quantitative estimate of drug-likeness (QED) is 0.771. The zero-order chi connectivity index (χ0) is 16.7. The van der Waals surface area contributed by atoms with Gasteiger partial charge in [0.05, 0.1) is 12.8 Å². The van der Waals surface area contributed by atoms with Crippen molar-refractivity contribution in [2.24, 2.45) is 0 Å². The van der Waals surface area contributed by atoms with Gasteiger partial charge in [-0.3, -0.25) is 4.79 Å². The largest absolute Gasteiger partial charge is 0.495 e. The first-order chi connectivity index (χ1) is 11.2. The molecule has 0 spiro atoms. The number of methoxy groups -OCH3 is 1. The van der Waals surface area contributed by atoms with Crippen molar-refractivity contribution in [2.45, 2.75) is 20.3 Å². The SMILES string of the molecule is CCN(CC)CCC(=O)N1CCN(c2ccccc2OC)CC1. The van der Waals surface area contributed by atoms with E-state index in [1.807, 2.05) is 23.1 Å². The molecule has 1 aliphatic heterocycles. The molecule has 1 fully saturated rings. The number of rotatable bonds is 7. The van der Waals surface area contributed by atoms with Crippen molar-refractivity contribution in [2.75, 3.05) is 57.8 Å². The first-order valence-electron chi connectivity index (χ1n) is 8.57. The third kappa shape index (κ3) is 4.61. The van der Waals surface area contributed by atoms with Gasteiger partial charge in [-0.05, 0) is 25.2 Å². The van der Waals surface area contributed by atoms with Crippen molar-refractivity contribution in [3.8, 4) is 5.75 Å². The average Bonchev–Trinajstić information content (AvgIpc) is 2.62. The molecule has 1 aromatic carbocycles. The fourth-order valence-corrected chi connectivity index (χ4v) is 3.04. The molecule has 0 aromatic heterocycles. The molecule has 0 N–H and O–H groups in total. The Morgan fingerprint density at radius 1 is 1.13 bits per heavy atom. The zero-order valence-electron chi connectivity index (χ0n) is 14.6. The van der Waals surface area contributed by atoms with Crippen molar-refractivity contribution in [3.05, 3.63) is 24.3 Å². The molecule has 5 nitrogen and oxygen atoms in total. The van der Waals surface area contributed by atoms with Crippen LogP contribution in [0.2, 0.25) is 0 Å². The molecule has 0 radical (unpaired) electrons. The van der Waals surface area contributed by atoms with Gasteiger partial charge in [0, 0.05) is 39.1 Å². The van der Waals surface area contributed by atoms with E-state index in [4.69, 9.17) is 4.74 Å². The van der Waals surface area contributed by atoms with E-state index in [1.165, 1.54) is 0 Å². The standard InChI is InChI=1S/C18H29N3O2/c1-4-19(5-2)11-10-18(22)21-14-12-20(13-15-21)16-8-6-7-9-17(16)23-3/h6-9H,4-5,10-15H2,1-3H3. The van der Waals surface area contributed by atoms with Crippen LogP contribution in [-0.4, -0.2) is 68.6 Å². The van der Waals surface area contributed by atoms with Crippen molar-refractivity contribution in [1.82, 2.24) is 9.80 Å². The predicted molar refractivity (Wildman–Crippen MR) is 94.2 cm³/mol. The minimum absolute atomic E-state index is 0.275. The third-order valence-corrected chi connectivity index (χ3v) is 4.59. The highest BCUT2D eigenvalue weighted by Gasteiger charge is 2.22. The van der Waals surface area contributed by atoms with Crippen LogP contribution in [0.25, 0.3) is 0 Å². The lowest BCUT2D eigenvalue weighted by Gasteiger charge is -2.37. The highest BCUT2D eigenvalue weighted by molar-refractivity contribution is 5.76. The number of carbonyl (C=O) groups excluding carboxylic acids is 1. The van der Waals surface area contributed by atoms with E-state index in [9.17, 15) is 4.79 Å². The van der Waals surface area contributed by atoms with Gasteiger partial charge < -0.3 is 19.4 Å². The summed E-state index contributed by atoms with van der Waals surface area (Å²) in [6.07, 6.45) is 0.621. The summed E-state index contributed by atoms with van der Waals surface area (Å²) in [5, 5.41) is 0. The van der Waals surface area contributed by atoms with Gasteiger partial charge >= 0.3 is 0 Å². The lowest BCUT2D eigenvalue weighted by Crippen LogP contribution is -2.49. The molecule has 0 atom stereocenters. The Bertz CT molecular complexity index is 495. The Morgan fingerprint density at radius 2 is 1.78 bits per heavy atom. The van der Waals surface area contributed by atoms with Crippen LogP contribution in [0.4, 0.5) is 5.69 Å². The highest BCUT2D eigenvalue weighted by atomic mass is 16.5. The van der Waals surface area contributed by atoms with Crippen molar-refractivity contribution in [3.63, 3.8) is 0 Å². The first kappa shape index (κ1) is 17.6. The molecule has 1 heterocycles. The molecule has 23 heavy (non-hydrogen) atoms. The van der Waals surface area contributed by atoms with Crippen LogP contribution in [0.15, 0.2) is 24.3 Å². The van der Waals surface area contributed by atoms with Gasteiger partial charge in [-0.25, -0.2) is 0 Å². The van der Waals surface area contributed by atoms with Crippen molar-refractivity contribution in [1.29, 1.82) is 0 Å². The Kier molecular flexibility index (Phi) is 6.71. The molecular weight excluding hydrogens is 290 g/mol. The van der Waals surface area contributed by atoms with Crippen LogP contribution >= 0.6 is 0 Å². The predicted octanol–water partition coefficient (Wildman–Crippen LogP) is 2.08. The van der Waals surface area contributed by atoms with Crippen LogP contribution in [0.1, 0.15) is 20.3 Å². The maximum atomic E-state index is 12.4. The van der Waals surface area contributed by atoms with E-state index >= 15 is 0 Å². The van der Waals surface area contributed by atoms with Crippen molar-refractivity contribution >= 4 is 11.6 Å². The number of hydrogen-bond acceptors (Lipinski definition) is 4. The Labute approximate surface area is 139 Å². The number of para-hydroxylation sites is 2.